The van der Waals surface area contributed by atoms with Crippen LogP contribution in [0.4, 0.5) is 4.39 Å². The molecule has 1 fully saturated rings. The molecule has 1 aliphatic heterocycles. The molecule has 104 valence electrons. The van der Waals surface area contributed by atoms with E-state index in [0.717, 1.165) is 0 Å². The molecule has 0 saturated carbocycles. The third kappa shape index (κ3) is 2.66. The Balaban J connectivity index is 2.27. The number of halogens is 1. The van der Waals surface area contributed by atoms with Crippen LogP contribution in [0.3, 0.4) is 0 Å². The lowest BCUT2D eigenvalue weighted by atomic mass is 9.84. The minimum absolute atomic E-state index is 0.142. The topological polar surface area (TPSA) is 51.6 Å². The fraction of sp³-hybridized carbons (Fsp3) is 0.615. The highest BCUT2D eigenvalue weighted by Crippen LogP contribution is 2.36. The monoisotopic (exact) mass is 267 g/mol. The number of aliphatic hydroxyl groups excluding tert-OH is 1. The maximum absolute atomic E-state index is 13.5. The molecular weight excluding hydrogens is 248 g/mol. The van der Waals surface area contributed by atoms with Gasteiger partial charge in [0.05, 0.1) is 22.5 Å². The zero-order valence-electron chi connectivity index (χ0n) is 11.7. The van der Waals surface area contributed by atoms with Crippen LogP contribution in [0.15, 0.2) is 12.1 Å². The fourth-order valence-electron chi connectivity index (χ4n) is 1.88. The Kier molecular flexibility index (Phi) is 3.68. The average Bonchev–Trinajstić information content (AvgIpc) is 2.51. The van der Waals surface area contributed by atoms with Gasteiger partial charge in [-0.1, -0.05) is 0 Å². The molecule has 0 bridgehead atoms. The molecule has 6 heteroatoms. The van der Waals surface area contributed by atoms with Gasteiger partial charge < -0.3 is 14.4 Å². The summed E-state index contributed by atoms with van der Waals surface area (Å²) in [5.41, 5.74) is -0.145. The molecule has 1 N–H and O–H groups in total. The Labute approximate surface area is 113 Å². The normalized spacial score (nSPS) is 20.8. The van der Waals surface area contributed by atoms with Crippen LogP contribution in [-0.4, -0.2) is 35.0 Å². The maximum Gasteiger partial charge on any atom is 0.514 e. The van der Waals surface area contributed by atoms with Crippen molar-refractivity contribution in [3.8, 4) is 0 Å². The van der Waals surface area contributed by atoms with Crippen LogP contribution in [0.2, 0.25) is 0 Å². The Bertz CT molecular complexity index is 463. The van der Waals surface area contributed by atoms with Gasteiger partial charge in [-0.3, -0.25) is 4.98 Å². The number of hydrogen-bond acceptors (Lipinski definition) is 4. The first-order valence-electron chi connectivity index (χ1n) is 6.38. The molecule has 0 aliphatic carbocycles. The van der Waals surface area contributed by atoms with Gasteiger partial charge in [0.25, 0.3) is 0 Å². The number of pyridine rings is 1. The van der Waals surface area contributed by atoms with Crippen molar-refractivity contribution >= 4 is 12.7 Å². The van der Waals surface area contributed by atoms with E-state index in [1.807, 2.05) is 27.7 Å². The molecule has 4 nitrogen and oxygen atoms in total. The van der Waals surface area contributed by atoms with Crippen LogP contribution in [0.1, 0.15) is 33.4 Å². The second-order valence-electron chi connectivity index (χ2n) is 5.73. The van der Waals surface area contributed by atoms with Crippen molar-refractivity contribution in [1.82, 2.24) is 4.98 Å². The third-order valence-corrected chi connectivity index (χ3v) is 3.78. The molecule has 0 amide bonds. The molecule has 0 aromatic carbocycles. The molecular formula is C13H19BFNO3. The molecule has 2 heterocycles. The summed E-state index contributed by atoms with van der Waals surface area (Å²) >= 11 is 0. The molecule has 0 unspecified atom stereocenters. The molecule has 1 aliphatic rings. The number of hydrogen-bond donors (Lipinski definition) is 1. The summed E-state index contributed by atoms with van der Waals surface area (Å²) in [5, 5.41) is 8.90. The van der Waals surface area contributed by atoms with E-state index in [9.17, 15) is 4.39 Å². The molecule has 1 aromatic rings. The lowest BCUT2D eigenvalue weighted by molar-refractivity contribution is 0.00578. The quantitative estimate of drug-likeness (QED) is 0.832. The van der Waals surface area contributed by atoms with Gasteiger partial charge in [-0.25, -0.2) is 4.39 Å². The van der Waals surface area contributed by atoms with Gasteiger partial charge in [0.2, 0.25) is 0 Å². The van der Waals surface area contributed by atoms with Gasteiger partial charge in [-0.2, -0.15) is 0 Å². The largest absolute Gasteiger partial charge is 0.514 e. The van der Waals surface area contributed by atoms with Gasteiger partial charge in [0.1, 0.15) is 5.82 Å². The highest BCUT2D eigenvalue weighted by Gasteiger charge is 2.52. The van der Waals surface area contributed by atoms with Crippen LogP contribution in [0, 0.1) is 5.82 Å². The maximum atomic E-state index is 13.5. The Morgan fingerprint density at radius 3 is 2.32 bits per heavy atom. The summed E-state index contributed by atoms with van der Waals surface area (Å²) in [4.78, 5) is 4.19. The van der Waals surface area contributed by atoms with Crippen molar-refractivity contribution in [2.45, 2.75) is 45.3 Å². The molecule has 1 aromatic heterocycles. The van der Waals surface area contributed by atoms with Crippen molar-refractivity contribution < 1.29 is 18.8 Å². The first-order valence-corrected chi connectivity index (χ1v) is 6.38. The molecule has 0 atom stereocenters. The molecule has 0 radical (unpaired) electrons. The first kappa shape index (κ1) is 14.4. The third-order valence-electron chi connectivity index (χ3n) is 3.78. The highest BCUT2D eigenvalue weighted by atomic mass is 19.1. The van der Waals surface area contributed by atoms with Crippen LogP contribution < -0.4 is 5.59 Å². The Hall–Kier alpha value is -0.975. The minimum Gasteiger partial charge on any atom is -0.398 e. The van der Waals surface area contributed by atoms with Crippen molar-refractivity contribution in [3.05, 3.63) is 23.6 Å². The lowest BCUT2D eigenvalue weighted by Gasteiger charge is -2.32. The van der Waals surface area contributed by atoms with E-state index in [4.69, 9.17) is 14.4 Å². The smallest absolute Gasteiger partial charge is 0.398 e. The van der Waals surface area contributed by atoms with Crippen LogP contribution in [0.25, 0.3) is 0 Å². The first-order chi connectivity index (χ1) is 8.77. The van der Waals surface area contributed by atoms with E-state index in [1.165, 1.54) is 6.07 Å². The molecule has 2 rings (SSSR count). The van der Waals surface area contributed by atoms with E-state index >= 15 is 0 Å². The van der Waals surface area contributed by atoms with Gasteiger partial charge in [0.15, 0.2) is 0 Å². The van der Waals surface area contributed by atoms with E-state index in [-0.39, 0.29) is 18.7 Å². The fourth-order valence-corrected chi connectivity index (χ4v) is 1.88. The standard InChI is InChI=1S/C13H19BFNO3/c1-12(2)13(3,4)19-14(18-12)11-6-5-9(15)10(16-11)7-8-17/h5-6,17H,7-8H2,1-4H3. The minimum atomic E-state index is -0.608. The molecule has 1 saturated heterocycles. The van der Waals surface area contributed by atoms with E-state index < -0.39 is 24.1 Å². The van der Waals surface area contributed by atoms with Crippen LogP contribution >= 0.6 is 0 Å². The number of aliphatic hydroxyl groups is 1. The van der Waals surface area contributed by atoms with E-state index in [0.29, 0.717) is 5.59 Å². The van der Waals surface area contributed by atoms with E-state index in [1.54, 1.807) is 6.07 Å². The lowest BCUT2D eigenvalue weighted by Crippen LogP contribution is -2.41. The predicted molar refractivity (Wildman–Crippen MR) is 70.7 cm³/mol. The second kappa shape index (κ2) is 4.85. The van der Waals surface area contributed by atoms with Gasteiger partial charge in [0, 0.05) is 13.0 Å². The summed E-state index contributed by atoms with van der Waals surface area (Å²) < 4.78 is 25.2. The predicted octanol–water partition coefficient (Wildman–Crippen LogP) is 1.05. The van der Waals surface area contributed by atoms with Crippen LogP contribution in [-0.2, 0) is 15.7 Å². The highest BCUT2D eigenvalue weighted by molar-refractivity contribution is 6.61. The SMILES string of the molecule is CC1(C)OB(c2ccc(F)c(CCO)n2)OC1(C)C. The summed E-state index contributed by atoms with van der Waals surface area (Å²) in [6, 6.07) is 2.89. The summed E-state index contributed by atoms with van der Waals surface area (Å²) in [7, 11) is -0.608. The summed E-state index contributed by atoms with van der Waals surface area (Å²) in [5.74, 6) is -0.422. The Morgan fingerprint density at radius 2 is 1.79 bits per heavy atom. The van der Waals surface area contributed by atoms with Crippen molar-refractivity contribution in [2.75, 3.05) is 6.61 Å². The van der Waals surface area contributed by atoms with Crippen molar-refractivity contribution in [2.24, 2.45) is 0 Å². The number of aromatic nitrogens is 1. The van der Waals surface area contributed by atoms with Crippen molar-refractivity contribution in [3.63, 3.8) is 0 Å². The molecule has 19 heavy (non-hydrogen) atoms. The zero-order valence-corrected chi connectivity index (χ0v) is 11.7. The van der Waals surface area contributed by atoms with Gasteiger partial charge >= 0.3 is 7.12 Å². The van der Waals surface area contributed by atoms with Gasteiger partial charge in [-0.05, 0) is 39.8 Å². The van der Waals surface area contributed by atoms with Gasteiger partial charge in [-0.15, -0.1) is 0 Å². The van der Waals surface area contributed by atoms with Crippen LogP contribution in [0.5, 0.6) is 0 Å². The van der Waals surface area contributed by atoms with Crippen molar-refractivity contribution in [1.29, 1.82) is 0 Å². The second-order valence-corrected chi connectivity index (χ2v) is 5.73. The summed E-state index contributed by atoms with van der Waals surface area (Å²) in [6.45, 7) is 7.66. The Morgan fingerprint density at radius 1 is 1.21 bits per heavy atom. The number of nitrogens with zero attached hydrogens (tertiary/aromatic N) is 1. The molecule has 0 spiro atoms. The summed E-state index contributed by atoms with van der Waals surface area (Å²) in [6.07, 6.45) is 0.180. The average molecular weight is 267 g/mol. The number of rotatable bonds is 3. The van der Waals surface area contributed by atoms with E-state index in [2.05, 4.69) is 4.98 Å². The zero-order chi connectivity index (χ0) is 14.3.